The van der Waals surface area contributed by atoms with Gasteiger partial charge in [0.15, 0.2) is 0 Å². The number of amides is 1. The molecule has 1 rings (SSSR count). The van der Waals surface area contributed by atoms with Gasteiger partial charge in [-0.25, -0.2) is 5.01 Å². The number of piperidine rings is 1. The highest BCUT2D eigenvalue weighted by Crippen LogP contribution is 2.13. The predicted molar refractivity (Wildman–Crippen MR) is 59.8 cm³/mol. The summed E-state index contributed by atoms with van der Waals surface area (Å²) < 4.78 is 0. The van der Waals surface area contributed by atoms with Crippen LogP contribution in [0.1, 0.15) is 25.7 Å². The van der Waals surface area contributed by atoms with E-state index in [2.05, 4.69) is 11.9 Å². The van der Waals surface area contributed by atoms with Crippen LogP contribution in [-0.4, -0.2) is 48.5 Å². The molecule has 88 valence electrons. The van der Waals surface area contributed by atoms with Crippen LogP contribution in [0.15, 0.2) is 0 Å². The number of hydrogen-bond donors (Lipinski definition) is 2. The Morgan fingerprint density at radius 3 is 2.60 bits per heavy atom. The monoisotopic (exact) mass is 214 g/mol. The van der Waals surface area contributed by atoms with Crippen LogP contribution in [0.3, 0.4) is 0 Å². The number of hydrazine groups is 1. The average molecular weight is 214 g/mol. The van der Waals surface area contributed by atoms with Gasteiger partial charge in [-0.05, 0) is 32.9 Å². The second-order valence-electron chi connectivity index (χ2n) is 4.32. The van der Waals surface area contributed by atoms with Crippen molar-refractivity contribution < 1.29 is 4.79 Å². The van der Waals surface area contributed by atoms with E-state index in [4.69, 9.17) is 11.6 Å². The molecule has 0 saturated carbocycles. The molecule has 4 N–H and O–H groups in total. The molecule has 1 aliphatic rings. The molecule has 1 saturated heterocycles. The maximum absolute atomic E-state index is 10.6. The third kappa shape index (κ3) is 4.59. The van der Waals surface area contributed by atoms with E-state index in [1.165, 1.54) is 0 Å². The molecule has 0 bridgehead atoms. The van der Waals surface area contributed by atoms with Crippen molar-refractivity contribution >= 4 is 5.91 Å². The predicted octanol–water partition coefficient (Wildman–Crippen LogP) is -0.478. The summed E-state index contributed by atoms with van der Waals surface area (Å²) in [7, 11) is 2.11. The molecule has 0 atom stereocenters. The van der Waals surface area contributed by atoms with E-state index >= 15 is 0 Å². The standard InChI is InChI=1S/C10H22N4O/c1-13(6-2-3-10(11)15)9-4-7-14(12)8-5-9/h9H,2-8,12H2,1H3,(H2,11,15). The highest BCUT2D eigenvalue weighted by atomic mass is 16.1. The first-order chi connectivity index (χ1) is 7.09. The van der Waals surface area contributed by atoms with E-state index in [1.54, 1.807) is 0 Å². The Morgan fingerprint density at radius 2 is 2.07 bits per heavy atom. The molecule has 5 nitrogen and oxygen atoms in total. The van der Waals surface area contributed by atoms with Crippen LogP contribution < -0.4 is 11.6 Å². The fourth-order valence-corrected chi connectivity index (χ4v) is 2.01. The normalized spacial score (nSPS) is 19.7. The Morgan fingerprint density at radius 1 is 1.47 bits per heavy atom. The van der Waals surface area contributed by atoms with Crippen molar-refractivity contribution in [2.45, 2.75) is 31.7 Å². The number of carbonyl (C=O) groups is 1. The minimum absolute atomic E-state index is 0.208. The van der Waals surface area contributed by atoms with Gasteiger partial charge in [0.1, 0.15) is 0 Å². The first-order valence-electron chi connectivity index (χ1n) is 5.58. The molecule has 1 fully saturated rings. The third-order valence-corrected chi connectivity index (χ3v) is 3.06. The van der Waals surface area contributed by atoms with E-state index in [-0.39, 0.29) is 5.91 Å². The van der Waals surface area contributed by atoms with Gasteiger partial charge in [0.05, 0.1) is 0 Å². The molecule has 0 aromatic rings. The number of hydrogen-bond acceptors (Lipinski definition) is 4. The van der Waals surface area contributed by atoms with Gasteiger partial charge in [0, 0.05) is 25.6 Å². The van der Waals surface area contributed by atoms with Crippen LogP contribution >= 0.6 is 0 Å². The number of rotatable bonds is 5. The summed E-state index contributed by atoms with van der Waals surface area (Å²) >= 11 is 0. The van der Waals surface area contributed by atoms with Gasteiger partial charge in [-0.2, -0.15) is 0 Å². The Labute approximate surface area is 91.3 Å². The Hall–Kier alpha value is -0.650. The molecule has 1 aliphatic heterocycles. The lowest BCUT2D eigenvalue weighted by Gasteiger charge is -2.34. The van der Waals surface area contributed by atoms with Crippen LogP contribution in [0.4, 0.5) is 0 Å². The summed E-state index contributed by atoms with van der Waals surface area (Å²) in [5.41, 5.74) is 5.09. The lowest BCUT2D eigenvalue weighted by Crippen LogP contribution is -2.46. The number of nitrogens with two attached hydrogens (primary N) is 2. The first kappa shape index (κ1) is 12.4. The molecule has 0 aromatic carbocycles. The van der Waals surface area contributed by atoms with Crippen molar-refractivity contribution in [3.8, 4) is 0 Å². The molecule has 0 unspecified atom stereocenters. The molecule has 0 radical (unpaired) electrons. The van der Waals surface area contributed by atoms with Gasteiger partial charge in [0.2, 0.25) is 5.91 Å². The van der Waals surface area contributed by atoms with Gasteiger partial charge in [0.25, 0.3) is 0 Å². The van der Waals surface area contributed by atoms with E-state index in [9.17, 15) is 4.79 Å². The Bertz CT molecular complexity index is 202. The van der Waals surface area contributed by atoms with Gasteiger partial charge in [-0.3, -0.25) is 10.6 Å². The van der Waals surface area contributed by atoms with E-state index in [1.807, 2.05) is 5.01 Å². The maximum atomic E-state index is 10.6. The lowest BCUT2D eigenvalue weighted by molar-refractivity contribution is -0.118. The second-order valence-corrected chi connectivity index (χ2v) is 4.32. The Balaban J connectivity index is 2.16. The zero-order valence-electron chi connectivity index (χ0n) is 9.48. The minimum Gasteiger partial charge on any atom is -0.370 e. The lowest BCUT2D eigenvalue weighted by atomic mass is 10.0. The van der Waals surface area contributed by atoms with Crippen LogP contribution in [0.5, 0.6) is 0 Å². The van der Waals surface area contributed by atoms with Gasteiger partial charge < -0.3 is 10.6 Å². The molecule has 15 heavy (non-hydrogen) atoms. The topological polar surface area (TPSA) is 75.6 Å². The summed E-state index contributed by atoms with van der Waals surface area (Å²) in [6, 6.07) is 0.609. The highest BCUT2D eigenvalue weighted by molar-refractivity contribution is 5.73. The van der Waals surface area contributed by atoms with Crippen molar-refractivity contribution in [1.29, 1.82) is 0 Å². The van der Waals surface area contributed by atoms with Crippen molar-refractivity contribution in [3.63, 3.8) is 0 Å². The second kappa shape index (κ2) is 6.05. The summed E-state index contributed by atoms with van der Waals surface area (Å²) in [4.78, 5) is 12.9. The van der Waals surface area contributed by atoms with Gasteiger partial charge in [-0.1, -0.05) is 0 Å². The SMILES string of the molecule is CN(CCCC(N)=O)C1CCN(N)CC1. The Kier molecular flexibility index (Phi) is 5.01. The van der Waals surface area contributed by atoms with Crippen molar-refractivity contribution in [2.24, 2.45) is 11.6 Å². The molecule has 1 amide bonds. The van der Waals surface area contributed by atoms with Crippen molar-refractivity contribution in [2.75, 3.05) is 26.7 Å². The zero-order chi connectivity index (χ0) is 11.3. The van der Waals surface area contributed by atoms with Gasteiger partial charge in [-0.15, -0.1) is 0 Å². The van der Waals surface area contributed by atoms with E-state index in [0.29, 0.717) is 12.5 Å². The first-order valence-corrected chi connectivity index (χ1v) is 5.58. The van der Waals surface area contributed by atoms with Crippen LogP contribution in [0.2, 0.25) is 0 Å². The van der Waals surface area contributed by atoms with Crippen LogP contribution in [-0.2, 0) is 4.79 Å². The summed E-state index contributed by atoms with van der Waals surface area (Å²) in [6.07, 6.45) is 3.57. The van der Waals surface area contributed by atoms with Crippen molar-refractivity contribution in [1.82, 2.24) is 9.91 Å². The fourth-order valence-electron chi connectivity index (χ4n) is 2.01. The fraction of sp³-hybridized carbons (Fsp3) is 0.900. The van der Waals surface area contributed by atoms with Crippen molar-refractivity contribution in [3.05, 3.63) is 0 Å². The highest BCUT2D eigenvalue weighted by Gasteiger charge is 2.20. The molecule has 5 heteroatoms. The van der Waals surface area contributed by atoms with E-state index in [0.717, 1.165) is 38.9 Å². The smallest absolute Gasteiger partial charge is 0.217 e. The maximum Gasteiger partial charge on any atom is 0.217 e. The summed E-state index contributed by atoms with van der Waals surface area (Å²) in [6.45, 7) is 2.87. The summed E-state index contributed by atoms with van der Waals surface area (Å²) in [5.74, 6) is 5.48. The largest absolute Gasteiger partial charge is 0.370 e. The van der Waals surface area contributed by atoms with Gasteiger partial charge >= 0.3 is 0 Å². The average Bonchev–Trinajstić information content (AvgIpc) is 2.18. The van der Waals surface area contributed by atoms with Crippen LogP contribution in [0, 0.1) is 0 Å². The van der Waals surface area contributed by atoms with E-state index < -0.39 is 0 Å². The molecular formula is C10H22N4O. The molecule has 0 aliphatic carbocycles. The molecule has 0 aromatic heterocycles. The number of primary amides is 1. The number of carbonyl (C=O) groups excluding carboxylic acids is 1. The van der Waals surface area contributed by atoms with Crippen LogP contribution in [0.25, 0.3) is 0 Å². The minimum atomic E-state index is -0.208. The molecule has 1 heterocycles. The molecular weight excluding hydrogens is 192 g/mol. The third-order valence-electron chi connectivity index (χ3n) is 3.06. The zero-order valence-corrected chi connectivity index (χ0v) is 9.48. The number of nitrogens with zero attached hydrogens (tertiary/aromatic N) is 2. The summed E-state index contributed by atoms with van der Waals surface area (Å²) in [5, 5.41) is 1.87. The molecule has 0 spiro atoms. The quantitative estimate of drug-likeness (QED) is 0.606.